The van der Waals surface area contributed by atoms with Crippen molar-refractivity contribution in [1.82, 2.24) is 0 Å². The van der Waals surface area contributed by atoms with Crippen LogP contribution in [0.15, 0.2) is 0 Å². The molecule has 1 nitrogen and oxygen atoms in total. The van der Waals surface area contributed by atoms with E-state index in [0.717, 1.165) is 17.8 Å². The van der Waals surface area contributed by atoms with E-state index in [2.05, 4.69) is 18.7 Å². The van der Waals surface area contributed by atoms with Crippen molar-refractivity contribution in [2.45, 2.75) is 31.1 Å². The fraction of sp³-hybridized carbons (Fsp3) is 1.00. The summed E-state index contributed by atoms with van der Waals surface area (Å²) in [5.41, 5.74) is 0.645. The Labute approximate surface area is 71.9 Å². The molecule has 2 aliphatic heterocycles. The van der Waals surface area contributed by atoms with Crippen molar-refractivity contribution in [2.75, 3.05) is 12.4 Å². The summed E-state index contributed by atoms with van der Waals surface area (Å²) in [5.74, 6) is 2.28. The lowest BCUT2D eigenvalue weighted by Crippen LogP contribution is -2.20. The highest BCUT2D eigenvalue weighted by Crippen LogP contribution is 2.64. The molecule has 0 aromatic rings. The van der Waals surface area contributed by atoms with E-state index in [1.165, 1.54) is 18.6 Å². The van der Waals surface area contributed by atoms with Crippen LogP contribution in [-0.2, 0) is 4.74 Å². The molecule has 3 aliphatic rings. The molecule has 4 unspecified atom stereocenters. The molecule has 3 rings (SSSR count). The van der Waals surface area contributed by atoms with E-state index in [0.29, 0.717) is 11.5 Å². The third kappa shape index (κ3) is 0.726. The molecule has 1 spiro atoms. The SMILES string of the molecule is CC1CC12COC1CCSC12. The van der Waals surface area contributed by atoms with E-state index >= 15 is 0 Å². The Hall–Kier alpha value is 0.310. The van der Waals surface area contributed by atoms with Gasteiger partial charge in [0.15, 0.2) is 0 Å². The zero-order chi connectivity index (χ0) is 7.47. The van der Waals surface area contributed by atoms with Gasteiger partial charge in [-0.2, -0.15) is 11.8 Å². The fourth-order valence-electron chi connectivity index (χ4n) is 2.73. The fourth-order valence-corrected chi connectivity index (χ4v) is 4.51. The summed E-state index contributed by atoms with van der Waals surface area (Å²) in [7, 11) is 0. The van der Waals surface area contributed by atoms with Crippen molar-refractivity contribution in [3.05, 3.63) is 0 Å². The molecule has 0 bridgehead atoms. The summed E-state index contributed by atoms with van der Waals surface area (Å²) < 4.78 is 5.80. The molecule has 1 saturated carbocycles. The zero-order valence-corrected chi connectivity index (χ0v) is 7.69. The zero-order valence-electron chi connectivity index (χ0n) is 6.88. The van der Waals surface area contributed by atoms with Crippen molar-refractivity contribution >= 4 is 11.8 Å². The van der Waals surface area contributed by atoms with E-state index in [1.54, 1.807) is 0 Å². The topological polar surface area (TPSA) is 9.23 Å². The third-order valence-corrected chi connectivity index (χ3v) is 5.28. The van der Waals surface area contributed by atoms with Crippen LogP contribution in [0, 0.1) is 11.3 Å². The van der Waals surface area contributed by atoms with Gasteiger partial charge < -0.3 is 4.74 Å². The lowest BCUT2D eigenvalue weighted by molar-refractivity contribution is 0.106. The second kappa shape index (κ2) is 1.97. The second-order valence-electron chi connectivity index (χ2n) is 4.27. The summed E-state index contributed by atoms with van der Waals surface area (Å²) in [6, 6.07) is 0. The van der Waals surface area contributed by atoms with Gasteiger partial charge in [-0.15, -0.1) is 0 Å². The van der Waals surface area contributed by atoms with Gasteiger partial charge in [0.05, 0.1) is 12.7 Å². The molecule has 2 heterocycles. The first-order valence-corrected chi connectivity index (χ1v) is 5.61. The van der Waals surface area contributed by atoms with E-state index < -0.39 is 0 Å². The van der Waals surface area contributed by atoms with Crippen LogP contribution in [0.3, 0.4) is 0 Å². The molecule has 4 atom stereocenters. The number of thioether (sulfide) groups is 1. The molecular weight excluding hydrogens is 156 g/mol. The van der Waals surface area contributed by atoms with E-state index in [4.69, 9.17) is 4.74 Å². The predicted octanol–water partition coefficient (Wildman–Crippen LogP) is 1.92. The minimum absolute atomic E-state index is 0.630. The molecule has 0 N–H and O–H groups in total. The average molecular weight is 170 g/mol. The van der Waals surface area contributed by atoms with Gasteiger partial charge in [-0.25, -0.2) is 0 Å². The maximum absolute atomic E-state index is 5.80. The van der Waals surface area contributed by atoms with E-state index in [9.17, 15) is 0 Å². The Kier molecular flexibility index (Phi) is 1.21. The molecule has 3 fully saturated rings. The van der Waals surface area contributed by atoms with Crippen LogP contribution in [0.2, 0.25) is 0 Å². The first kappa shape index (κ1) is 6.79. The van der Waals surface area contributed by atoms with Crippen molar-refractivity contribution in [1.29, 1.82) is 0 Å². The Morgan fingerprint density at radius 1 is 1.55 bits per heavy atom. The number of hydrogen-bond acceptors (Lipinski definition) is 2. The summed E-state index contributed by atoms with van der Waals surface area (Å²) in [6.45, 7) is 3.45. The second-order valence-corrected chi connectivity index (χ2v) is 5.52. The van der Waals surface area contributed by atoms with Crippen LogP contribution in [0.25, 0.3) is 0 Å². The number of ether oxygens (including phenoxy) is 1. The number of rotatable bonds is 0. The van der Waals surface area contributed by atoms with Gasteiger partial charge in [-0.05, 0) is 24.5 Å². The van der Waals surface area contributed by atoms with E-state index in [1.807, 2.05) is 0 Å². The molecule has 2 saturated heterocycles. The molecular formula is C9H14OS. The molecule has 1 aliphatic carbocycles. The Morgan fingerprint density at radius 3 is 3.09 bits per heavy atom. The summed E-state index contributed by atoms with van der Waals surface area (Å²) >= 11 is 2.16. The smallest absolute Gasteiger partial charge is 0.0708 e. The lowest BCUT2D eigenvalue weighted by atomic mass is 9.99. The first-order valence-electron chi connectivity index (χ1n) is 4.56. The first-order chi connectivity index (χ1) is 5.33. The summed E-state index contributed by atoms with van der Waals surface area (Å²) in [6.07, 6.45) is 3.37. The molecule has 11 heavy (non-hydrogen) atoms. The number of fused-ring (bicyclic) bond motifs is 2. The minimum atomic E-state index is 0.630. The lowest BCUT2D eigenvalue weighted by Gasteiger charge is -2.13. The van der Waals surface area contributed by atoms with Gasteiger partial charge in [0.1, 0.15) is 0 Å². The molecule has 62 valence electrons. The summed E-state index contributed by atoms with van der Waals surface area (Å²) in [5, 5.41) is 0.873. The molecule has 0 aromatic carbocycles. The maximum Gasteiger partial charge on any atom is 0.0708 e. The van der Waals surface area contributed by atoms with Gasteiger partial charge in [0, 0.05) is 10.7 Å². The van der Waals surface area contributed by atoms with Crippen LogP contribution in [0.1, 0.15) is 19.8 Å². The van der Waals surface area contributed by atoms with Crippen molar-refractivity contribution in [3.8, 4) is 0 Å². The highest BCUT2D eigenvalue weighted by atomic mass is 32.2. The van der Waals surface area contributed by atoms with Crippen LogP contribution in [0.4, 0.5) is 0 Å². The van der Waals surface area contributed by atoms with Crippen LogP contribution in [-0.4, -0.2) is 23.7 Å². The van der Waals surface area contributed by atoms with Gasteiger partial charge in [0.25, 0.3) is 0 Å². The number of hydrogen-bond donors (Lipinski definition) is 0. The maximum atomic E-state index is 5.80. The highest BCUT2D eigenvalue weighted by molar-refractivity contribution is 8.00. The molecule has 2 heteroatoms. The molecule has 0 amide bonds. The molecule has 0 radical (unpaired) electrons. The highest BCUT2D eigenvalue weighted by Gasteiger charge is 2.63. The van der Waals surface area contributed by atoms with Crippen molar-refractivity contribution < 1.29 is 4.74 Å². The third-order valence-electron chi connectivity index (χ3n) is 3.68. The van der Waals surface area contributed by atoms with Gasteiger partial charge in [-0.3, -0.25) is 0 Å². The quantitative estimate of drug-likeness (QED) is 0.549. The predicted molar refractivity (Wildman–Crippen MR) is 46.8 cm³/mol. The van der Waals surface area contributed by atoms with Crippen LogP contribution < -0.4 is 0 Å². The monoisotopic (exact) mass is 170 g/mol. The van der Waals surface area contributed by atoms with Crippen LogP contribution >= 0.6 is 11.8 Å². The van der Waals surface area contributed by atoms with Gasteiger partial charge >= 0.3 is 0 Å². The van der Waals surface area contributed by atoms with E-state index in [-0.39, 0.29) is 0 Å². The molecule has 0 aromatic heterocycles. The Balaban J connectivity index is 1.88. The normalized spacial score (nSPS) is 60.3. The average Bonchev–Trinajstić information content (AvgIpc) is 2.46. The van der Waals surface area contributed by atoms with Crippen molar-refractivity contribution in [3.63, 3.8) is 0 Å². The minimum Gasteiger partial charge on any atom is -0.376 e. The van der Waals surface area contributed by atoms with Gasteiger partial charge in [0.2, 0.25) is 0 Å². The largest absolute Gasteiger partial charge is 0.376 e. The summed E-state index contributed by atoms with van der Waals surface area (Å²) in [4.78, 5) is 0. The Bertz CT molecular complexity index is 194. The van der Waals surface area contributed by atoms with Gasteiger partial charge in [-0.1, -0.05) is 6.92 Å². The van der Waals surface area contributed by atoms with Crippen molar-refractivity contribution in [2.24, 2.45) is 11.3 Å². The standard InChI is InChI=1S/C9H14OS/c1-6-4-9(6)5-10-7-2-3-11-8(7)9/h6-8H,2-5H2,1H3. The van der Waals surface area contributed by atoms with Crippen LogP contribution in [0.5, 0.6) is 0 Å². The Morgan fingerprint density at radius 2 is 2.36 bits per heavy atom.